The van der Waals surface area contributed by atoms with Gasteiger partial charge in [0.15, 0.2) is 11.6 Å². The first-order valence-corrected chi connectivity index (χ1v) is 10.2. The number of para-hydroxylation sites is 1. The lowest BCUT2D eigenvalue weighted by atomic mass is 10.2. The molecule has 2 heterocycles. The van der Waals surface area contributed by atoms with Crippen molar-refractivity contribution in [2.75, 3.05) is 4.90 Å². The molecule has 1 N–H and O–H groups in total. The SMILES string of the molecule is O=C(O)CC1Sc2ccccc2N(Cc2nc3c(F)c(F)cc(F)c3s2)C1=S. The van der Waals surface area contributed by atoms with Gasteiger partial charge in [0.1, 0.15) is 16.3 Å². The predicted octanol–water partition coefficient (Wildman–Crippen LogP) is 5.00. The number of hydrogen-bond donors (Lipinski definition) is 1. The van der Waals surface area contributed by atoms with E-state index in [1.54, 1.807) is 4.90 Å². The number of carboxylic acid groups (broad SMARTS) is 1. The summed E-state index contributed by atoms with van der Waals surface area (Å²) in [6.45, 7) is 0.104. The number of benzene rings is 2. The lowest BCUT2D eigenvalue weighted by molar-refractivity contribution is -0.136. The Morgan fingerprint density at radius 2 is 2.00 bits per heavy atom. The highest BCUT2D eigenvalue weighted by molar-refractivity contribution is 8.02. The second-order valence-electron chi connectivity index (χ2n) is 6.04. The monoisotopic (exact) mass is 440 g/mol. The van der Waals surface area contributed by atoms with Gasteiger partial charge >= 0.3 is 5.97 Å². The summed E-state index contributed by atoms with van der Waals surface area (Å²) in [6, 6.07) is 7.84. The average molecular weight is 440 g/mol. The van der Waals surface area contributed by atoms with Gasteiger partial charge in [0.25, 0.3) is 0 Å². The number of carboxylic acids is 1. The van der Waals surface area contributed by atoms with E-state index in [4.69, 9.17) is 17.3 Å². The summed E-state index contributed by atoms with van der Waals surface area (Å²) in [5, 5.41) is 9.06. The number of halogens is 3. The van der Waals surface area contributed by atoms with Crippen molar-refractivity contribution in [2.45, 2.75) is 23.1 Å². The minimum atomic E-state index is -1.29. The molecular formula is C18H11F3N2O2S3. The first-order chi connectivity index (χ1) is 13.3. The molecule has 0 saturated carbocycles. The van der Waals surface area contributed by atoms with Crippen LogP contribution < -0.4 is 4.90 Å². The molecule has 0 fully saturated rings. The van der Waals surface area contributed by atoms with Crippen molar-refractivity contribution >= 4 is 62.2 Å². The van der Waals surface area contributed by atoms with Gasteiger partial charge in [-0.3, -0.25) is 4.79 Å². The first kappa shape index (κ1) is 19.2. The van der Waals surface area contributed by atoms with Crippen molar-refractivity contribution in [3.05, 3.63) is 52.8 Å². The second kappa shape index (κ2) is 7.34. The summed E-state index contributed by atoms with van der Waals surface area (Å²) in [7, 11) is 0. The molecule has 0 radical (unpaired) electrons. The van der Waals surface area contributed by atoms with Crippen LogP contribution in [0.1, 0.15) is 11.4 Å². The van der Waals surface area contributed by atoms with Gasteiger partial charge in [-0.1, -0.05) is 24.4 Å². The van der Waals surface area contributed by atoms with Gasteiger partial charge in [-0.05, 0) is 12.1 Å². The third kappa shape index (κ3) is 3.36. The van der Waals surface area contributed by atoms with Crippen LogP contribution >= 0.6 is 35.3 Å². The Labute approximate surface area is 171 Å². The smallest absolute Gasteiger partial charge is 0.304 e. The number of fused-ring (bicyclic) bond motifs is 2. The van der Waals surface area contributed by atoms with Gasteiger partial charge < -0.3 is 10.0 Å². The van der Waals surface area contributed by atoms with Crippen LogP contribution in [0.15, 0.2) is 35.2 Å². The Hall–Kier alpha value is -2.17. The third-order valence-corrected chi connectivity index (χ3v) is 7.16. The van der Waals surface area contributed by atoms with Gasteiger partial charge in [0, 0.05) is 11.0 Å². The zero-order valence-corrected chi connectivity index (χ0v) is 16.4. The van der Waals surface area contributed by atoms with E-state index in [-0.39, 0.29) is 23.2 Å². The fourth-order valence-corrected chi connectivity index (χ4v) is 5.52. The predicted molar refractivity (Wildman–Crippen MR) is 107 cm³/mol. The second-order valence-corrected chi connectivity index (χ2v) is 8.78. The maximum absolute atomic E-state index is 14.0. The first-order valence-electron chi connectivity index (χ1n) is 8.07. The van der Waals surface area contributed by atoms with Gasteiger partial charge in [-0.25, -0.2) is 18.2 Å². The zero-order valence-electron chi connectivity index (χ0n) is 14.0. The molecule has 1 unspecified atom stereocenters. The van der Waals surface area contributed by atoms with Crippen LogP contribution in [0.25, 0.3) is 10.2 Å². The van der Waals surface area contributed by atoms with E-state index in [0.717, 1.165) is 21.9 Å². The molecule has 3 aromatic rings. The largest absolute Gasteiger partial charge is 0.481 e. The van der Waals surface area contributed by atoms with Crippen LogP contribution in [0.3, 0.4) is 0 Å². The minimum absolute atomic E-state index is 0.0680. The molecule has 0 amide bonds. The molecule has 4 nitrogen and oxygen atoms in total. The molecule has 1 aliphatic heterocycles. The van der Waals surface area contributed by atoms with E-state index >= 15 is 0 Å². The summed E-state index contributed by atoms with van der Waals surface area (Å²) < 4.78 is 41.4. The summed E-state index contributed by atoms with van der Waals surface area (Å²) in [6.07, 6.45) is -0.150. The number of aromatic nitrogens is 1. The van der Waals surface area contributed by atoms with E-state index in [0.29, 0.717) is 16.1 Å². The van der Waals surface area contributed by atoms with E-state index < -0.39 is 28.7 Å². The fourth-order valence-electron chi connectivity index (χ4n) is 2.96. The van der Waals surface area contributed by atoms with E-state index in [9.17, 15) is 18.0 Å². The van der Waals surface area contributed by atoms with Crippen LogP contribution in [0.4, 0.5) is 18.9 Å². The molecule has 10 heteroatoms. The number of aliphatic carboxylic acids is 1. The van der Waals surface area contributed by atoms with Crippen LogP contribution in [0, 0.1) is 17.5 Å². The number of thiocarbonyl (C=S) groups is 1. The summed E-state index contributed by atoms with van der Waals surface area (Å²) in [5.74, 6) is -4.34. The number of anilines is 1. The van der Waals surface area contributed by atoms with Gasteiger partial charge in [0.05, 0.1) is 33.6 Å². The third-order valence-electron chi connectivity index (χ3n) is 4.18. The normalized spacial score (nSPS) is 16.5. The molecule has 1 aromatic heterocycles. The molecular weight excluding hydrogens is 429 g/mol. The van der Waals surface area contributed by atoms with Crippen LogP contribution in [-0.4, -0.2) is 26.3 Å². The molecule has 0 spiro atoms. The van der Waals surface area contributed by atoms with Crippen molar-refractivity contribution in [1.82, 2.24) is 4.98 Å². The van der Waals surface area contributed by atoms with E-state index in [1.807, 2.05) is 24.3 Å². The Balaban J connectivity index is 1.74. The van der Waals surface area contributed by atoms with Crippen molar-refractivity contribution in [2.24, 2.45) is 0 Å². The number of thiazole rings is 1. The molecule has 0 aliphatic carbocycles. The Kier molecular flexibility index (Phi) is 5.02. The standard InChI is InChI=1S/C18H11F3N2O2S3/c19-8-5-9(20)17-16(15(8)21)22-13(28-17)7-23-10-3-1-2-4-11(10)27-12(18(23)26)6-14(24)25/h1-5,12H,6-7H2,(H,24,25). The highest BCUT2D eigenvalue weighted by atomic mass is 32.2. The molecule has 28 heavy (non-hydrogen) atoms. The van der Waals surface area contributed by atoms with Crippen molar-refractivity contribution in [3.8, 4) is 0 Å². The number of hydrogen-bond acceptors (Lipinski definition) is 5. The molecule has 2 aromatic carbocycles. The van der Waals surface area contributed by atoms with Gasteiger partial charge in [0.2, 0.25) is 0 Å². The van der Waals surface area contributed by atoms with Crippen LogP contribution in [0.2, 0.25) is 0 Å². The molecule has 4 rings (SSSR count). The van der Waals surface area contributed by atoms with Crippen molar-refractivity contribution in [1.29, 1.82) is 0 Å². The number of nitrogens with zero attached hydrogens (tertiary/aromatic N) is 2. The number of thioether (sulfide) groups is 1. The highest BCUT2D eigenvalue weighted by Gasteiger charge is 2.32. The van der Waals surface area contributed by atoms with Crippen molar-refractivity contribution < 1.29 is 23.1 Å². The van der Waals surface area contributed by atoms with Gasteiger partial charge in [-0.15, -0.1) is 23.1 Å². The summed E-state index contributed by atoms with van der Waals surface area (Å²) in [4.78, 5) is 18.2. The number of carbonyl (C=O) groups is 1. The van der Waals surface area contributed by atoms with Crippen molar-refractivity contribution in [3.63, 3.8) is 0 Å². The zero-order chi connectivity index (χ0) is 20.0. The number of rotatable bonds is 4. The minimum Gasteiger partial charge on any atom is -0.481 e. The lowest BCUT2D eigenvalue weighted by Gasteiger charge is -2.35. The maximum atomic E-state index is 14.0. The highest BCUT2D eigenvalue weighted by Crippen LogP contribution is 2.42. The Morgan fingerprint density at radius 3 is 2.75 bits per heavy atom. The summed E-state index contributed by atoms with van der Waals surface area (Å²) in [5.41, 5.74) is 0.413. The quantitative estimate of drug-likeness (QED) is 0.455. The molecule has 0 saturated heterocycles. The molecule has 1 atom stereocenters. The fraction of sp³-hybridized carbons (Fsp3) is 0.167. The Bertz CT molecular complexity index is 1120. The Morgan fingerprint density at radius 1 is 1.25 bits per heavy atom. The van der Waals surface area contributed by atoms with E-state index in [2.05, 4.69) is 4.98 Å². The lowest BCUT2D eigenvalue weighted by Crippen LogP contribution is -2.40. The van der Waals surface area contributed by atoms with Gasteiger partial charge in [-0.2, -0.15) is 0 Å². The molecule has 144 valence electrons. The van der Waals surface area contributed by atoms with E-state index in [1.165, 1.54) is 11.8 Å². The molecule has 1 aliphatic rings. The topological polar surface area (TPSA) is 53.4 Å². The van der Waals surface area contributed by atoms with Crippen LogP contribution in [-0.2, 0) is 11.3 Å². The maximum Gasteiger partial charge on any atom is 0.304 e. The molecule has 0 bridgehead atoms. The average Bonchev–Trinajstić information content (AvgIpc) is 3.07. The summed E-state index contributed by atoms with van der Waals surface area (Å²) >= 11 is 7.79. The van der Waals surface area contributed by atoms with Crippen LogP contribution in [0.5, 0.6) is 0 Å².